The molecule has 0 atom stereocenters. The maximum atomic E-state index is 12.6. The summed E-state index contributed by atoms with van der Waals surface area (Å²) in [5, 5.41) is 11.9. The first kappa shape index (κ1) is 14.6. The van der Waals surface area contributed by atoms with Crippen LogP contribution in [0.3, 0.4) is 0 Å². The van der Waals surface area contributed by atoms with Crippen molar-refractivity contribution in [3.8, 4) is 0 Å². The van der Waals surface area contributed by atoms with Crippen molar-refractivity contribution in [2.75, 3.05) is 11.9 Å². The summed E-state index contributed by atoms with van der Waals surface area (Å²) in [5.41, 5.74) is 8.27. The fourth-order valence-corrected chi connectivity index (χ4v) is 2.14. The van der Waals surface area contributed by atoms with Crippen molar-refractivity contribution >= 4 is 17.4 Å². The van der Waals surface area contributed by atoms with E-state index in [2.05, 4.69) is 5.16 Å². The largest absolute Gasteiger partial charge is 0.409 e. The van der Waals surface area contributed by atoms with Gasteiger partial charge in [-0.25, -0.2) is 0 Å². The third kappa shape index (κ3) is 2.86. The second-order valence-electron chi connectivity index (χ2n) is 4.68. The molecule has 0 unspecified atom stereocenters. The van der Waals surface area contributed by atoms with E-state index in [0.717, 1.165) is 5.56 Å². The van der Waals surface area contributed by atoms with Crippen molar-refractivity contribution in [1.82, 2.24) is 0 Å². The van der Waals surface area contributed by atoms with Crippen LogP contribution in [0.1, 0.15) is 21.5 Å². The Morgan fingerprint density at radius 2 is 1.67 bits per heavy atom. The van der Waals surface area contributed by atoms with E-state index in [1.165, 1.54) is 4.90 Å². The van der Waals surface area contributed by atoms with Crippen LogP contribution in [0.5, 0.6) is 0 Å². The molecule has 2 rings (SSSR count). The Morgan fingerprint density at radius 3 is 2.29 bits per heavy atom. The van der Waals surface area contributed by atoms with Gasteiger partial charge in [0.05, 0.1) is 5.69 Å². The van der Waals surface area contributed by atoms with Gasteiger partial charge in [0, 0.05) is 18.2 Å². The molecule has 0 aliphatic rings. The lowest BCUT2D eigenvalue weighted by atomic mass is 10.1. The molecule has 21 heavy (non-hydrogen) atoms. The molecule has 0 saturated heterocycles. The number of aryl methyl sites for hydroxylation is 1. The van der Waals surface area contributed by atoms with Gasteiger partial charge >= 0.3 is 0 Å². The number of amides is 1. The van der Waals surface area contributed by atoms with Crippen LogP contribution < -0.4 is 10.6 Å². The van der Waals surface area contributed by atoms with Crippen molar-refractivity contribution in [1.29, 1.82) is 0 Å². The fourth-order valence-electron chi connectivity index (χ4n) is 2.14. The van der Waals surface area contributed by atoms with Crippen molar-refractivity contribution in [3.05, 3.63) is 65.2 Å². The number of benzene rings is 2. The third-order valence-corrected chi connectivity index (χ3v) is 3.33. The molecule has 5 heteroatoms. The molecule has 0 aliphatic heterocycles. The number of anilines is 1. The SMILES string of the molecule is Cc1ccccc1C(=O)N(C)c1ccccc1/C(N)=N/O. The van der Waals surface area contributed by atoms with Gasteiger partial charge in [-0.1, -0.05) is 35.5 Å². The minimum absolute atomic E-state index is 0.0324. The lowest BCUT2D eigenvalue weighted by molar-refractivity contribution is 0.0992. The molecule has 0 saturated carbocycles. The fraction of sp³-hybridized carbons (Fsp3) is 0.125. The summed E-state index contributed by atoms with van der Waals surface area (Å²) in [5.74, 6) is -0.179. The zero-order valence-corrected chi connectivity index (χ0v) is 11.9. The Balaban J connectivity index is 2.44. The molecule has 2 aromatic carbocycles. The van der Waals surface area contributed by atoms with Crippen LogP contribution in [0.4, 0.5) is 5.69 Å². The van der Waals surface area contributed by atoms with E-state index >= 15 is 0 Å². The van der Waals surface area contributed by atoms with E-state index in [1.54, 1.807) is 37.4 Å². The van der Waals surface area contributed by atoms with Crippen LogP contribution in [0, 0.1) is 6.92 Å². The normalized spacial score (nSPS) is 11.2. The van der Waals surface area contributed by atoms with Crippen LogP contribution in [0.15, 0.2) is 53.7 Å². The van der Waals surface area contributed by atoms with Gasteiger partial charge in [-0.2, -0.15) is 0 Å². The summed E-state index contributed by atoms with van der Waals surface area (Å²) in [4.78, 5) is 14.1. The maximum Gasteiger partial charge on any atom is 0.258 e. The molecule has 1 amide bonds. The summed E-state index contributed by atoms with van der Waals surface area (Å²) in [7, 11) is 1.66. The number of carbonyl (C=O) groups is 1. The van der Waals surface area contributed by atoms with Gasteiger partial charge in [0.2, 0.25) is 0 Å². The highest BCUT2D eigenvalue weighted by Gasteiger charge is 2.18. The predicted molar refractivity (Wildman–Crippen MR) is 82.9 cm³/mol. The Hall–Kier alpha value is -2.82. The summed E-state index contributed by atoms with van der Waals surface area (Å²) in [6.07, 6.45) is 0. The first-order valence-corrected chi connectivity index (χ1v) is 6.47. The molecule has 0 bridgehead atoms. The standard InChI is InChI=1S/C16H17N3O2/c1-11-7-3-4-8-12(11)16(20)19(2)14-10-6-5-9-13(14)15(17)18-21/h3-10,21H,1-2H3,(H2,17,18). The quantitative estimate of drug-likeness (QED) is 0.393. The minimum atomic E-state index is -0.147. The van der Waals surface area contributed by atoms with Gasteiger partial charge in [-0.05, 0) is 30.7 Å². The molecule has 2 aromatic rings. The summed E-state index contributed by atoms with van der Waals surface area (Å²) < 4.78 is 0. The third-order valence-electron chi connectivity index (χ3n) is 3.33. The van der Waals surface area contributed by atoms with E-state index in [-0.39, 0.29) is 11.7 Å². The van der Waals surface area contributed by atoms with Crippen molar-refractivity contribution in [3.63, 3.8) is 0 Å². The molecule has 3 N–H and O–H groups in total. The van der Waals surface area contributed by atoms with Gasteiger partial charge in [-0.3, -0.25) is 4.79 Å². The number of para-hydroxylation sites is 1. The van der Waals surface area contributed by atoms with Crippen molar-refractivity contribution < 1.29 is 10.0 Å². The number of nitrogens with zero attached hydrogens (tertiary/aromatic N) is 2. The first-order chi connectivity index (χ1) is 10.1. The molecule has 0 aliphatic carbocycles. The van der Waals surface area contributed by atoms with Gasteiger partial charge in [0.25, 0.3) is 5.91 Å². The highest BCUT2D eigenvalue weighted by Crippen LogP contribution is 2.21. The number of amidine groups is 1. The van der Waals surface area contributed by atoms with Crippen molar-refractivity contribution in [2.45, 2.75) is 6.92 Å². The predicted octanol–water partition coefficient (Wildman–Crippen LogP) is 2.37. The molecular formula is C16H17N3O2. The average Bonchev–Trinajstić information content (AvgIpc) is 2.53. The number of oxime groups is 1. The Labute approximate surface area is 123 Å². The zero-order chi connectivity index (χ0) is 15.4. The molecule has 0 heterocycles. The number of hydrogen-bond donors (Lipinski definition) is 2. The Kier molecular flexibility index (Phi) is 4.23. The van der Waals surface area contributed by atoms with Crippen molar-refractivity contribution in [2.24, 2.45) is 10.9 Å². The second kappa shape index (κ2) is 6.09. The molecule has 0 radical (unpaired) electrons. The van der Waals surface area contributed by atoms with E-state index in [0.29, 0.717) is 16.8 Å². The van der Waals surface area contributed by atoms with Crippen LogP contribution in [0.25, 0.3) is 0 Å². The molecule has 5 nitrogen and oxygen atoms in total. The monoisotopic (exact) mass is 283 g/mol. The summed E-state index contributed by atoms with van der Waals surface area (Å²) in [6.45, 7) is 1.89. The summed E-state index contributed by atoms with van der Waals surface area (Å²) >= 11 is 0. The lowest BCUT2D eigenvalue weighted by Crippen LogP contribution is -2.29. The lowest BCUT2D eigenvalue weighted by Gasteiger charge is -2.21. The van der Waals surface area contributed by atoms with Crippen LogP contribution >= 0.6 is 0 Å². The van der Waals surface area contributed by atoms with Crippen LogP contribution in [-0.4, -0.2) is 24.0 Å². The number of hydrogen-bond acceptors (Lipinski definition) is 3. The Bertz CT molecular complexity index is 695. The first-order valence-electron chi connectivity index (χ1n) is 6.47. The van der Waals surface area contributed by atoms with Gasteiger partial charge < -0.3 is 15.8 Å². The second-order valence-corrected chi connectivity index (χ2v) is 4.68. The number of nitrogens with two attached hydrogens (primary N) is 1. The van der Waals surface area contributed by atoms with Crippen LogP contribution in [-0.2, 0) is 0 Å². The van der Waals surface area contributed by atoms with E-state index in [4.69, 9.17) is 10.9 Å². The van der Waals surface area contributed by atoms with Gasteiger partial charge in [-0.15, -0.1) is 0 Å². The highest BCUT2D eigenvalue weighted by molar-refractivity contribution is 6.11. The number of rotatable bonds is 3. The molecule has 108 valence electrons. The van der Waals surface area contributed by atoms with E-state index in [1.807, 2.05) is 25.1 Å². The maximum absolute atomic E-state index is 12.6. The molecule has 0 fully saturated rings. The highest BCUT2D eigenvalue weighted by atomic mass is 16.4. The Morgan fingerprint density at radius 1 is 1.10 bits per heavy atom. The van der Waals surface area contributed by atoms with Gasteiger partial charge in [0.15, 0.2) is 5.84 Å². The summed E-state index contributed by atoms with van der Waals surface area (Å²) in [6, 6.07) is 14.4. The topological polar surface area (TPSA) is 78.9 Å². The average molecular weight is 283 g/mol. The smallest absolute Gasteiger partial charge is 0.258 e. The molecule has 0 aromatic heterocycles. The molecular weight excluding hydrogens is 266 g/mol. The van der Waals surface area contributed by atoms with E-state index in [9.17, 15) is 4.79 Å². The van der Waals surface area contributed by atoms with E-state index < -0.39 is 0 Å². The zero-order valence-electron chi connectivity index (χ0n) is 11.9. The minimum Gasteiger partial charge on any atom is -0.409 e. The van der Waals surface area contributed by atoms with Gasteiger partial charge in [0.1, 0.15) is 0 Å². The van der Waals surface area contributed by atoms with Crippen LogP contribution in [0.2, 0.25) is 0 Å². The number of carbonyl (C=O) groups excluding carboxylic acids is 1. The molecule has 0 spiro atoms.